The first kappa shape index (κ1) is 15.5. The molecule has 0 aliphatic carbocycles. The summed E-state index contributed by atoms with van der Waals surface area (Å²) in [5.74, 6) is -0.483. The van der Waals surface area contributed by atoms with E-state index in [0.717, 1.165) is 3.57 Å². The highest BCUT2D eigenvalue weighted by atomic mass is 127. The van der Waals surface area contributed by atoms with Gasteiger partial charge < -0.3 is 15.2 Å². The van der Waals surface area contributed by atoms with Gasteiger partial charge in [-0.2, -0.15) is 0 Å². The van der Waals surface area contributed by atoms with E-state index in [2.05, 4.69) is 27.9 Å². The van der Waals surface area contributed by atoms with Crippen molar-refractivity contribution in [3.05, 3.63) is 39.5 Å². The fourth-order valence-electron chi connectivity index (χ4n) is 1.22. The number of carbonyl (C=O) groups excluding carboxylic acids is 1. The zero-order chi connectivity index (χ0) is 14.3. The summed E-state index contributed by atoms with van der Waals surface area (Å²) in [4.78, 5) is 21.9. The van der Waals surface area contributed by atoms with Crippen LogP contribution in [0.25, 0.3) is 0 Å². The van der Waals surface area contributed by atoms with Crippen molar-refractivity contribution in [2.45, 2.75) is 13.3 Å². The van der Waals surface area contributed by atoms with Gasteiger partial charge in [0.25, 0.3) is 0 Å². The number of nitrogens with one attached hydrogen (secondary N) is 1. The van der Waals surface area contributed by atoms with Crippen molar-refractivity contribution in [1.29, 1.82) is 0 Å². The molecule has 0 aliphatic heterocycles. The van der Waals surface area contributed by atoms with Crippen molar-refractivity contribution < 1.29 is 19.4 Å². The molecule has 0 radical (unpaired) electrons. The van der Waals surface area contributed by atoms with Crippen LogP contribution in [0.3, 0.4) is 0 Å². The summed E-state index contributed by atoms with van der Waals surface area (Å²) in [6.07, 6.45) is 1.44. The van der Waals surface area contributed by atoms with Crippen LogP contribution < -0.4 is 10.1 Å². The summed E-state index contributed by atoms with van der Waals surface area (Å²) in [5, 5.41) is 11.2. The lowest BCUT2D eigenvalue weighted by atomic mass is 10.2. The van der Waals surface area contributed by atoms with Crippen LogP contribution in [0.1, 0.15) is 13.3 Å². The number of carboxylic acid groups (broad SMARTS) is 1. The fourth-order valence-corrected chi connectivity index (χ4v) is 1.74. The maximum Gasteiger partial charge on any atom is 0.412 e. The Morgan fingerprint density at radius 3 is 2.84 bits per heavy atom. The highest BCUT2D eigenvalue weighted by Crippen LogP contribution is 2.14. The molecule has 6 heteroatoms. The van der Waals surface area contributed by atoms with E-state index in [9.17, 15) is 9.59 Å². The van der Waals surface area contributed by atoms with Crippen LogP contribution in [0, 0.1) is 3.57 Å². The smallest absolute Gasteiger partial charge is 0.412 e. The Morgan fingerprint density at radius 1 is 1.47 bits per heavy atom. The third kappa shape index (κ3) is 6.23. The molecule has 0 unspecified atom stereocenters. The number of rotatable bonds is 5. The minimum absolute atomic E-state index is 0.257. The summed E-state index contributed by atoms with van der Waals surface area (Å²) in [6.45, 7) is 1.83. The Morgan fingerprint density at radius 2 is 2.21 bits per heavy atom. The molecular weight excluding hydrogens is 361 g/mol. The summed E-state index contributed by atoms with van der Waals surface area (Å²) >= 11 is 2.13. The molecule has 0 saturated heterocycles. The Labute approximate surface area is 124 Å². The molecule has 0 heterocycles. The van der Waals surface area contributed by atoms with E-state index in [1.165, 1.54) is 6.92 Å². The molecule has 0 saturated carbocycles. The summed E-state index contributed by atoms with van der Waals surface area (Å²) in [6, 6.07) is 7.12. The topological polar surface area (TPSA) is 75.6 Å². The average Bonchev–Trinajstić information content (AvgIpc) is 2.34. The van der Waals surface area contributed by atoms with E-state index in [1.54, 1.807) is 24.3 Å². The first-order chi connectivity index (χ1) is 8.99. The number of hydrogen-bond acceptors (Lipinski definition) is 3. The van der Waals surface area contributed by atoms with Gasteiger partial charge in [0.1, 0.15) is 5.75 Å². The van der Waals surface area contributed by atoms with Gasteiger partial charge in [-0.1, -0.05) is 12.1 Å². The van der Waals surface area contributed by atoms with Crippen LogP contribution in [0.15, 0.2) is 35.9 Å². The van der Waals surface area contributed by atoms with Gasteiger partial charge in [-0.25, -0.2) is 9.59 Å². The maximum absolute atomic E-state index is 11.4. The molecule has 1 rings (SSSR count). The average molecular weight is 375 g/mol. The normalized spacial score (nSPS) is 10.9. The first-order valence-electron chi connectivity index (χ1n) is 5.60. The lowest BCUT2D eigenvalue weighted by Gasteiger charge is -2.05. The molecule has 0 aliphatic rings. The van der Waals surface area contributed by atoms with E-state index in [1.807, 2.05) is 6.07 Å². The van der Waals surface area contributed by atoms with Crippen LogP contribution >= 0.6 is 22.6 Å². The van der Waals surface area contributed by atoms with Crippen molar-refractivity contribution in [2.24, 2.45) is 0 Å². The lowest BCUT2D eigenvalue weighted by Crippen LogP contribution is -2.27. The number of benzene rings is 1. The predicted molar refractivity (Wildman–Crippen MR) is 79.2 cm³/mol. The number of aliphatic carboxylic acids is 1. The van der Waals surface area contributed by atoms with E-state index < -0.39 is 12.1 Å². The monoisotopic (exact) mass is 375 g/mol. The molecule has 102 valence electrons. The Balaban J connectivity index is 2.33. The highest BCUT2D eigenvalue weighted by molar-refractivity contribution is 14.1. The van der Waals surface area contributed by atoms with Crippen molar-refractivity contribution in [2.75, 3.05) is 6.54 Å². The standard InChI is InChI=1S/C13H14INO4/c1-9(12(16)17)4-3-7-15-13(18)19-11-6-2-5-10(14)8-11/h2,4-6,8H,3,7H2,1H3,(H,15,18)(H,16,17)/b9-4+. The quantitative estimate of drug-likeness (QED) is 0.472. The minimum atomic E-state index is -0.957. The summed E-state index contributed by atoms with van der Waals surface area (Å²) in [5.41, 5.74) is 0.257. The van der Waals surface area contributed by atoms with Gasteiger partial charge in [-0.15, -0.1) is 0 Å². The molecular formula is C13H14INO4. The van der Waals surface area contributed by atoms with Crippen LogP contribution in [-0.4, -0.2) is 23.7 Å². The number of ether oxygens (including phenoxy) is 1. The largest absolute Gasteiger partial charge is 0.478 e. The van der Waals surface area contributed by atoms with Gasteiger partial charge in [0.15, 0.2) is 0 Å². The number of amides is 1. The molecule has 0 atom stereocenters. The number of hydrogen-bond donors (Lipinski definition) is 2. The minimum Gasteiger partial charge on any atom is -0.478 e. The predicted octanol–water partition coefficient (Wildman–Crippen LogP) is 2.80. The Hall–Kier alpha value is -1.57. The second kappa shape index (κ2) is 7.78. The van der Waals surface area contributed by atoms with Gasteiger partial charge in [0.2, 0.25) is 0 Å². The van der Waals surface area contributed by atoms with E-state index >= 15 is 0 Å². The third-order valence-electron chi connectivity index (χ3n) is 2.21. The first-order valence-corrected chi connectivity index (χ1v) is 6.68. The number of halogens is 1. The number of carbonyl (C=O) groups is 2. The molecule has 1 amide bonds. The lowest BCUT2D eigenvalue weighted by molar-refractivity contribution is -0.132. The summed E-state index contributed by atoms with van der Waals surface area (Å²) in [7, 11) is 0. The van der Waals surface area contributed by atoms with Crippen LogP contribution in [0.5, 0.6) is 5.75 Å². The van der Waals surface area contributed by atoms with E-state index in [-0.39, 0.29) is 5.57 Å². The van der Waals surface area contributed by atoms with Crippen LogP contribution in [-0.2, 0) is 4.79 Å². The van der Waals surface area contributed by atoms with E-state index in [4.69, 9.17) is 9.84 Å². The van der Waals surface area contributed by atoms with Gasteiger partial charge >= 0.3 is 12.1 Å². The van der Waals surface area contributed by atoms with Gasteiger partial charge in [0, 0.05) is 15.7 Å². The highest BCUT2D eigenvalue weighted by Gasteiger charge is 2.03. The van der Waals surface area contributed by atoms with Crippen molar-refractivity contribution in [1.82, 2.24) is 5.32 Å². The molecule has 1 aromatic rings. The molecule has 0 bridgehead atoms. The van der Waals surface area contributed by atoms with Gasteiger partial charge in [0.05, 0.1) is 0 Å². The maximum atomic E-state index is 11.4. The molecule has 5 nitrogen and oxygen atoms in total. The zero-order valence-corrected chi connectivity index (χ0v) is 12.5. The van der Waals surface area contributed by atoms with Crippen molar-refractivity contribution in [3.63, 3.8) is 0 Å². The molecule has 0 aromatic heterocycles. The fraction of sp³-hybridized carbons (Fsp3) is 0.231. The molecule has 19 heavy (non-hydrogen) atoms. The van der Waals surface area contributed by atoms with Gasteiger partial charge in [-0.05, 0) is 54.1 Å². The van der Waals surface area contributed by atoms with Crippen LogP contribution in [0.4, 0.5) is 4.79 Å². The third-order valence-corrected chi connectivity index (χ3v) is 2.88. The van der Waals surface area contributed by atoms with Crippen molar-refractivity contribution in [3.8, 4) is 5.75 Å². The van der Waals surface area contributed by atoms with E-state index in [0.29, 0.717) is 18.7 Å². The second-order valence-electron chi connectivity index (χ2n) is 3.75. The zero-order valence-electron chi connectivity index (χ0n) is 10.4. The number of carboxylic acids is 1. The van der Waals surface area contributed by atoms with Crippen LogP contribution in [0.2, 0.25) is 0 Å². The van der Waals surface area contributed by atoms with Crippen molar-refractivity contribution >= 4 is 34.7 Å². The SMILES string of the molecule is C/C(=C\CCNC(=O)Oc1cccc(I)c1)C(=O)O. The summed E-state index contributed by atoms with van der Waals surface area (Å²) < 4.78 is 6.03. The second-order valence-corrected chi connectivity index (χ2v) is 5.00. The Kier molecular flexibility index (Phi) is 6.34. The molecule has 0 spiro atoms. The molecule has 0 fully saturated rings. The Bertz CT molecular complexity index is 499. The molecule has 2 N–H and O–H groups in total. The van der Waals surface area contributed by atoms with Gasteiger partial charge in [-0.3, -0.25) is 0 Å². The molecule has 1 aromatic carbocycles.